The van der Waals surface area contributed by atoms with Crippen LogP contribution < -0.4 is 0 Å². The predicted octanol–water partition coefficient (Wildman–Crippen LogP) is 10.4. The largest absolute Gasteiger partial charge is 0.416 e. The molecule has 4 aliphatic carbocycles. The van der Waals surface area contributed by atoms with Gasteiger partial charge >= 0.3 is 6.18 Å². The van der Waals surface area contributed by atoms with Gasteiger partial charge in [0.1, 0.15) is 0 Å². The summed E-state index contributed by atoms with van der Waals surface area (Å²) in [5.74, 6) is -2.67. The lowest BCUT2D eigenvalue weighted by Gasteiger charge is -2.24. The monoisotopic (exact) mass is 716 g/mol. The Balaban J connectivity index is 1.11. The first-order chi connectivity index (χ1) is 24.0. The highest BCUT2D eigenvalue weighted by molar-refractivity contribution is 7.17. The van der Waals surface area contributed by atoms with Gasteiger partial charge in [-0.3, -0.25) is 19.2 Å². The fraction of sp³-hybridized carbons (Fsp3) is 0.190. The third-order valence-electron chi connectivity index (χ3n) is 10.9. The lowest BCUT2D eigenvalue weighted by Crippen LogP contribution is -2.16. The van der Waals surface area contributed by atoms with Crippen LogP contribution in [-0.4, -0.2) is 23.1 Å². The molecule has 0 bridgehead atoms. The van der Waals surface area contributed by atoms with Crippen molar-refractivity contribution in [2.45, 2.75) is 51.6 Å². The van der Waals surface area contributed by atoms with Crippen LogP contribution in [-0.2, 0) is 26.6 Å². The van der Waals surface area contributed by atoms with Gasteiger partial charge in [-0.1, -0.05) is 51.5 Å². The SMILES string of the molecule is Cc1ccc2c(c1)C(=O)C(=O)/C2=C\c1cc2c(s1)-c1cc3c(cc1C2(C)C)-c1sc(/C=C2\C(=O)C(=O)c4cc(C(F)(F)F)ccc42)cc1C3(C)C. The highest BCUT2D eigenvalue weighted by Crippen LogP contribution is 2.59. The Labute approximate surface area is 299 Å². The predicted molar refractivity (Wildman–Crippen MR) is 194 cm³/mol. The molecule has 0 saturated heterocycles. The molecule has 5 aromatic rings. The Hall–Kier alpha value is -4.99. The molecule has 2 aromatic heterocycles. The molecule has 3 aromatic carbocycles. The molecular weight excluding hydrogens is 690 g/mol. The first kappa shape index (κ1) is 32.0. The number of hydrogen-bond donors (Lipinski definition) is 0. The highest BCUT2D eigenvalue weighted by atomic mass is 32.1. The van der Waals surface area contributed by atoms with Crippen molar-refractivity contribution in [2.75, 3.05) is 0 Å². The Kier molecular flexibility index (Phi) is 6.31. The lowest BCUT2D eigenvalue weighted by atomic mass is 9.79. The third-order valence-corrected chi connectivity index (χ3v) is 13.1. The van der Waals surface area contributed by atoms with Gasteiger partial charge in [-0.25, -0.2) is 0 Å². The van der Waals surface area contributed by atoms with Crippen LogP contribution in [0.4, 0.5) is 13.2 Å². The summed E-state index contributed by atoms with van der Waals surface area (Å²) >= 11 is 3.12. The number of benzene rings is 3. The van der Waals surface area contributed by atoms with Crippen LogP contribution in [0.1, 0.15) is 103 Å². The van der Waals surface area contributed by atoms with Crippen LogP contribution >= 0.6 is 22.7 Å². The number of fused-ring (bicyclic) bond motifs is 8. The number of halogens is 3. The molecule has 0 aliphatic heterocycles. The molecule has 0 radical (unpaired) electrons. The van der Waals surface area contributed by atoms with Gasteiger partial charge in [0.2, 0.25) is 23.1 Å². The van der Waals surface area contributed by atoms with E-state index in [1.165, 1.54) is 23.0 Å². The molecule has 0 spiro atoms. The zero-order valence-electron chi connectivity index (χ0n) is 28.0. The van der Waals surface area contributed by atoms with Crippen molar-refractivity contribution in [2.24, 2.45) is 0 Å². The maximum absolute atomic E-state index is 13.3. The summed E-state index contributed by atoms with van der Waals surface area (Å²) in [6.07, 6.45) is -1.15. The number of aryl methyl sites for hydroxylation is 1. The van der Waals surface area contributed by atoms with Crippen LogP contribution in [0.2, 0.25) is 0 Å². The van der Waals surface area contributed by atoms with E-state index in [9.17, 15) is 32.3 Å². The highest BCUT2D eigenvalue weighted by Gasteiger charge is 2.44. The molecule has 0 atom stereocenters. The van der Waals surface area contributed by atoms with Crippen molar-refractivity contribution < 1.29 is 32.3 Å². The van der Waals surface area contributed by atoms with E-state index in [1.807, 2.05) is 31.2 Å². The van der Waals surface area contributed by atoms with Crippen LogP contribution in [0.3, 0.4) is 0 Å². The molecule has 4 aliphatic rings. The zero-order chi connectivity index (χ0) is 36.1. The molecule has 9 rings (SSSR count). The van der Waals surface area contributed by atoms with Crippen molar-refractivity contribution in [3.05, 3.63) is 126 Å². The molecule has 252 valence electrons. The molecule has 9 heteroatoms. The van der Waals surface area contributed by atoms with Gasteiger partial charge in [-0.2, -0.15) is 13.2 Å². The van der Waals surface area contributed by atoms with Crippen molar-refractivity contribution >= 4 is 69.1 Å². The fourth-order valence-corrected chi connectivity index (χ4v) is 10.7. The number of hydrogen-bond acceptors (Lipinski definition) is 6. The molecule has 0 unspecified atom stereocenters. The normalized spacial score (nSPS) is 19.1. The topological polar surface area (TPSA) is 68.3 Å². The first-order valence-electron chi connectivity index (χ1n) is 16.4. The number of ketones is 4. The second-order valence-corrected chi connectivity index (χ2v) is 16.9. The zero-order valence-corrected chi connectivity index (χ0v) is 29.6. The van der Waals surface area contributed by atoms with Crippen molar-refractivity contribution in [1.82, 2.24) is 0 Å². The van der Waals surface area contributed by atoms with E-state index < -0.39 is 40.3 Å². The summed E-state index contributed by atoms with van der Waals surface area (Å²) in [6, 6.07) is 17.1. The number of Topliss-reactive ketones (excluding diaryl/α,β-unsaturated/α-hetero) is 4. The van der Waals surface area contributed by atoms with Crippen LogP contribution in [0.15, 0.2) is 60.7 Å². The van der Waals surface area contributed by atoms with Crippen LogP contribution in [0.25, 0.3) is 44.2 Å². The summed E-state index contributed by atoms with van der Waals surface area (Å²) in [5, 5.41) is 0. The van der Waals surface area contributed by atoms with Crippen LogP contribution in [0.5, 0.6) is 0 Å². The van der Waals surface area contributed by atoms with Gasteiger partial charge < -0.3 is 0 Å². The minimum Gasteiger partial charge on any atom is -0.285 e. The molecule has 51 heavy (non-hydrogen) atoms. The standard InChI is InChI=1S/C42H27F3O4S2/c1-18-6-8-22-24(10-18)34(46)36(48)26(22)12-20-14-32-38(50-20)28-16-31-29(17-30(28)40(32,2)3)39-33(41(31,4)5)15-21(51-39)13-27-23-9-7-19(42(43,44)45)11-25(23)35(47)37(27)49/h6-17H,1-5H3/b26-12-,27-13-. The summed E-state index contributed by atoms with van der Waals surface area (Å²) in [5.41, 5.74) is 7.71. The van der Waals surface area contributed by atoms with Crippen molar-refractivity contribution in [3.8, 4) is 20.9 Å². The van der Waals surface area contributed by atoms with Gasteiger partial charge in [0, 0.05) is 52.6 Å². The summed E-state index contributed by atoms with van der Waals surface area (Å²) in [4.78, 5) is 55.4. The quantitative estimate of drug-likeness (QED) is 0.135. The molecular formula is C42H27F3O4S2. The summed E-state index contributed by atoms with van der Waals surface area (Å²) < 4.78 is 40.0. The maximum Gasteiger partial charge on any atom is 0.416 e. The average Bonchev–Trinajstić information content (AvgIpc) is 3.87. The molecule has 2 heterocycles. The molecule has 0 fully saturated rings. The van der Waals surface area contributed by atoms with Gasteiger partial charge in [0.25, 0.3) is 0 Å². The number of alkyl halides is 3. The fourth-order valence-electron chi connectivity index (χ4n) is 8.12. The Bertz CT molecular complexity index is 2600. The van der Waals surface area contributed by atoms with E-state index in [1.54, 1.807) is 23.5 Å². The Morgan fingerprint density at radius 1 is 0.529 bits per heavy atom. The Morgan fingerprint density at radius 2 is 0.980 bits per heavy atom. The second kappa shape index (κ2) is 10.1. The van der Waals surface area contributed by atoms with Crippen LogP contribution in [0, 0.1) is 6.92 Å². The minimum atomic E-state index is -4.62. The summed E-state index contributed by atoms with van der Waals surface area (Å²) in [6.45, 7) is 10.6. The van der Waals surface area contributed by atoms with E-state index in [0.717, 1.165) is 65.0 Å². The maximum atomic E-state index is 13.3. The van der Waals surface area contributed by atoms with Gasteiger partial charge in [-0.15, -0.1) is 22.7 Å². The Morgan fingerprint density at radius 3 is 1.45 bits per heavy atom. The second-order valence-electron chi connectivity index (χ2n) is 14.7. The van der Waals surface area contributed by atoms with Crippen molar-refractivity contribution in [1.29, 1.82) is 0 Å². The van der Waals surface area contributed by atoms with E-state index in [-0.39, 0.29) is 22.1 Å². The minimum absolute atomic E-state index is 0.106. The van der Waals surface area contributed by atoms with E-state index in [0.29, 0.717) is 16.7 Å². The third kappa shape index (κ3) is 4.31. The van der Waals surface area contributed by atoms with Crippen molar-refractivity contribution in [3.63, 3.8) is 0 Å². The first-order valence-corrected chi connectivity index (χ1v) is 18.0. The number of carbonyl (C=O) groups is 4. The number of allylic oxidation sites excluding steroid dienone is 2. The number of carbonyl (C=O) groups excluding carboxylic acids is 4. The molecule has 0 N–H and O–H groups in total. The molecule has 4 nitrogen and oxygen atoms in total. The van der Waals surface area contributed by atoms with Gasteiger partial charge in [-0.05, 0) is 106 Å². The van der Waals surface area contributed by atoms with E-state index >= 15 is 0 Å². The number of thiophene rings is 2. The molecule has 0 amide bonds. The molecule has 0 saturated carbocycles. The van der Waals surface area contributed by atoms with Gasteiger partial charge in [0.15, 0.2) is 0 Å². The smallest absolute Gasteiger partial charge is 0.285 e. The van der Waals surface area contributed by atoms with E-state index in [4.69, 9.17) is 0 Å². The van der Waals surface area contributed by atoms with Gasteiger partial charge in [0.05, 0.1) is 5.56 Å². The average molecular weight is 717 g/mol. The lowest BCUT2D eigenvalue weighted by molar-refractivity contribution is -0.137. The van der Waals surface area contributed by atoms with E-state index in [2.05, 4.69) is 45.9 Å². The number of rotatable bonds is 2. The summed E-state index contributed by atoms with van der Waals surface area (Å²) in [7, 11) is 0.